The monoisotopic (exact) mass is 446 g/mol. The summed E-state index contributed by atoms with van der Waals surface area (Å²) in [6.07, 6.45) is 0. The molecule has 0 saturated carbocycles. The minimum Gasteiger partial charge on any atom is -0.454 e. The molecule has 10 heteroatoms. The number of para-hydroxylation sites is 1. The molecule has 3 heterocycles. The summed E-state index contributed by atoms with van der Waals surface area (Å²) in [5, 5.41) is 10.3. The molecule has 1 amide bonds. The van der Waals surface area contributed by atoms with Gasteiger partial charge in [-0.2, -0.15) is 0 Å². The van der Waals surface area contributed by atoms with E-state index in [1.807, 2.05) is 50.2 Å². The number of amides is 1. The summed E-state index contributed by atoms with van der Waals surface area (Å²) in [4.78, 5) is 30.0. The smallest absolute Gasteiger partial charge is 0.353 e. The Kier molecular flexibility index (Phi) is 5.17. The predicted molar refractivity (Wildman–Crippen MR) is 121 cm³/mol. The van der Waals surface area contributed by atoms with Crippen LogP contribution in [0.15, 0.2) is 53.3 Å². The lowest BCUT2D eigenvalue weighted by atomic mass is 10.2. The maximum Gasteiger partial charge on any atom is 0.353 e. The zero-order valence-corrected chi connectivity index (χ0v) is 18.2. The second-order valence-corrected chi connectivity index (χ2v) is 7.76. The number of ether oxygens (including phenoxy) is 2. The lowest BCUT2D eigenvalue weighted by Gasteiger charge is -2.10. The highest BCUT2D eigenvalue weighted by Gasteiger charge is 2.17. The first-order valence-corrected chi connectivity index (χ1v) is 10.4. The maximum atomic E-state index is 13.0. The molecule has 0 aliphatic carbocycles. The zero-order valence-electron chi connectivity index (χ0n) is 18.2. The van der Waals surface area contributed by atoms with E-state index in [4.69, 9.17) is 9.47 Å². The fraction of sp³-hybridized carbons (Fsp3) is 0.217. The summed E-state index contributed by atoms with van der Waals surface area (Å²) < 4.78 is 13.1. The van der Waals surface area contributed by atoms with Gasteiger partial charge in [0.1, 0.15) is 6.54 Å². The summed E-state index contributed by atoms with van der Waals surface area (Å²) in [7, 11) is 0. The second-order valence-electron chi connectivity index (χ2n) is 7.76. The normalized spacial score (nSPS) is 12.2. The highest BCUT2D eigenvalue weighted by atomic mass is 16.7. The number of benzene rings is 2. The minimum absolute atomic E-state index is 0.191. The largest absolute Gasteiger partial charge is 0.454 e. The number of aryl methyl sites for hydroxylation is 2. The van der Waals surface area contributed by atoms with Gasteiger partial charge in [0, 0.05) is 24.0 Å². The zero-order chi connectivity index (χ0) is 22.9. The summed E-state index contributed by atoms with van der Waals surface area (Å²) in [6.45, 7) is 4.06. The standard InChI is InChI=1S/C23H22N6O4/c1-14-5-3-4-6-17(14)26-22-25-15(2)9-20-27-28(23(31)29(20)22)12-21(30)24-11-16-7-8-18-19(10-16)33-13-32-18/h3-10H,11-13H2,1-2H3,(H,24,30)(H,25,26). The highest BCUT2D eigenvalue weighted by molar-refractivity contribution is 5.75. The van der Waals surface area contributed by atoms with Crippen LogP contribution in [0.4, 0.5) is 11.6 Å². The van der Waals surface area contributed by atoms with Crippen LogP contribution < -0.4 is 25.8 Å². The number of carbonyl (C=O) groups excluding carboxylic acids is 1. The van der Waals surface area contributed by atoms with Crippen LogP contribution in [0.2, 0.25) is 0 Å². The van der Waals surface area contributed by atoms with Gasteiger partial charge in [0.25, 0.3) is 0 Å². The van der Waals surface area contributed by atoms with E-state index in [0.717, 1.165) is 21.5 Å². The van der Waals surface area contributed by atoms with E-state index >= 15 is 0 Å². The van der Waals surface area contributed by atoms with Gasteiger partial charge in [-0.25, -0.2) is 18.9 Å². The average Bonchev–Trinajstić information content (AvgIpc) is 3.38. The van der Waals surface area contributed by atoms with Crippen LogP contribution in [0.3, 0.4) is 0 Å². The molecule has 33 heavy (non-hydrogen) atoms. The van der Waals surface area contributed by atoms with Crippen LogP contribution in [0.5, 0.6) is 11.5 Å². The van der Waals surface area contributed by atoms with Crippen molar-refractivity contribution >= 4 is 23.2 Å². The van der Waals surface area contributed by atoms with Gasteiger partial charge >= 0.3 is 5.69 Å². The Balaban J connectivity index is 1.35. The van der Waals surface area contributed by atoms with Gasteiger partial charge in [0.05, 0.1) is 0 Å². The first-order chi connectivity index (χ1) is 16.0. The van der Waals surface area contributed by atoms with Crippen molar-refractivity contribution in [3.63, 3.8) is 0 Å². The maximum absolute atomic E-state index is 13.0. The molecule has 4 aromatic rings. The molecule has 0 fully saturated rings. The van der Waals surface area contributed by atoms with E-state index in [9.17, 15) is 9.59 Å². The molecule has 0 unspecified atom stereocenters. The highest BCUT2D eigenvalue weighted by Crippen LogP contribution is 2.32. The molecule has 2 aromatic carbocycles. The van der Waals surface area contributed by atoms with E-state index in [2.05, 4.69) is 20.7 Å². The van der Waals surface area contributed by atoms with E-state index in [-0.39, 0.29) is 19.2 Å². The Morgan fingerprint density at radius 2 is 1.91 bits per heavy atom. The number of anilines is 2. The topological polar surface area (TPSA) is 112 Å². The molecule has 1 aliphatic rings. The lowest BCUT2D eigenvalue weighted by Crippen LogP contribution is -2.32. The van der Waals surface area contributed by atoms with Gasteiger partial charge in [-0.15, -0.1) is 5.10 Å². The molecule has 1 aliphatic heterocycles. The average molecular weight is 446 g/mol. The number of hydrogen-bond acceptors (Lipinski definition) is 7. The third kappa shape index (κ3) is 4.10. The van der Waals surface area contributed by atoms with Crippen molar-refractivity contribution in [2.75, 3.05) is 12.1 Å². The molecule has 0 spiro atoms. The predicted octanol–water partition coefficient (Wildman–Crippen LogP) is 2.30. The fourth-order valence-electron chi connectivity index (χ4n) is 3.62. The van der Waals surface area contributed by atoms with Crippen LogP contribution in [0.1, 0.15) is 16.8 Å². The molecule has 5 rings (SSSR count). The molecule has 0 atom stereocenters. The number of nitrogens with one attached hydrogen (secondary N) is 2. The number of fused-ring (bicyclic) bond motifs is 2. The van der Waals surface area contributed by atoms with Crippen LogP contribution in [-0.2, 0) is 17.9 Å². The van der Waals surface area contributed by atoms with E-state index < -0.39 is 5.69 Å². The minimum atomic E-state index is -0.452. The van der Waals surface area contributed by atoms with Gasteiger partial charge in [0.15, 0.2) is 17.1 Å². The molecular formula is C23H22N6O4. The Bertz CT molecular complexity index is 1420. The van der Waals surface area contributed by atoms with Gasteiger partial charge in [-0.1, -0.05) is 24.3 Å². The molecule has 0 radical (unpaired) electrons. The van der Waals surface area contributed by atoms with Crippen molar-refractivity contribution in [2.24, 2.45) is 0 Å². The molecule has 10 nitrogen and oxygen atoms in total. The molecule has 0 bridgehead atoms. The van der Waals surface area contributed by atoms with Crippen LogP contribution in [-0.4, -0.2) is 31.9 Å². The first-order valence-electron chi connectivity index (χ1n) is 10.4. The van der Waals surface area contributed by atoms with E-state index in [0.29, 0.717) is 35.3 Å². The van der Waals surface area contributed by atoms with Gasteiger partial charge < -0.3 is 20.1 Å². The molecule has 2 aromatic heterocycles. The summed E-state index contributed by atoms with van der Waals surface area (Å²) in [5.74, 6) is 1.34. The Morgan fingerprint density at radius 1 is 1.09 bits per heavy atom. The van der Waals surface area contributed by atoms with Gasteiger partial charge in [-0.05, 0) is 43.2 Å². The third-order valence-corrected chi connectivity index (χ3v) is 5.31. The Morgan fingerprint density at radius 3 is 2.76 bits per heavy atom. The molecular weight excluding hydrogens is 424 g/mol. The second kappa shape index (κ2) is 8.30. The summed E-state index contributed by atoms with van der Waals surface area (Å²) in [6, 6.07) is 14.9. The van der Waals surface area contributed by atoms with Crippen LogP contribution in [0, 0.1) is 13.8 Å². The Labute approximate surface area is 188 Å². The quantitative estimate of drug-likeness (QED) is 0.467. The van der Waals surface area contributed by atoms with Crippen LogP contribution in [0.25, 0.3) is 5.65 Å². The lowest BCUT2D eigenvalue weighted by molar-refractivity contribution is -0.122. The molecule has 0 saturated heterocycles. The number of hydrogen-bond donors (Lipinski definition) is 2. The van der Waals surface area contributed by atoms with Crippen molar-refractivity contribution < 1.29 is 14.3 Å². The first kappa shape index (κ1) is 20.6. The van der Waals surface area contributed by atoms with Crippen molar-refractivity contribution in [2.45, 2.75) is 26.9 Å². The van der Waals surface area contributed by atoms with E-state index in [1.165, 1.54) is 4.40 Å². The SMILES string of the molecule is Cc1cc2nn(CC(=O)NCc3ccc4c(c3)OCO4)c(=O)n2c(Nc2ccccc2C)n1. The van der Waals surface area contributed by atoms with Crippen LogP contribution >= 0.6 is 0 Å². The number of carbonyl (C=O) groups is 1. The fourth-order valence-corrected chi connectivity index (χ4v) is 3.62. The molecule has 168 valence electrons. The Hall–Kier alpha value is -4.34. The number of nitrogens with zero attached hydrogens (tertiary/aromatic N) is 4. The van der Waals surface area contributed by atoms with Crippen molar-refractivity contribution in [1.82, 2.24) is 24.5 Å². The van der Waals surface area contributed by atoms with E-state index in [1.54, 1.807) is 12.1 Å². The van der Waals surface area contributed by atoms with Gasteiger partial charge in [0.2, 0.25) is 18.6 Å². The number of rotatable bonds is 6. The van der Waals surface area contributed by atoms with Crippen molar-refractivity contribution in [3.05, 3.63) is 75.8 Å². The number of aromatic nitrogens is 4. The summed E-state index contributed by atoms with van der Waals surface area (Å²) >= 11 is 0. The summed E-state index contributed by atoms with van der Waals surface area (Å²) in [5.41, 5.74) is 3.36. The van der Waals surface area contributed by atoms with Gasteiger partial charge in [-0.3, -0.25) is 4.79 Å². The van der Waals surface area contributed by atoms with Crippen molar-refractivity contribution in [1.29, 1.82) is 0 Å². The third-order valence-electron chi connectivity index (χ3n) is 5.31. The van der Waals surface area contributed by atoms with Crippen molar-refractivity contribution in [3.8, 4) is 11.5 Å². The molecule has 2 N–H and O–H groups in total.